The molecule has 2 unspecified atom stereocenters. The summed E-state index contributed by atoms with van der Waals surface area (Å²) in [5, 5.41) is 0. The Morgan fingerprint density at radius 2 is 1.76 bits per heavy atom. The molecule has 0 radical (unpaired) electrons. The smallest absolute Gasteiger partial charge is 0.244 e. The summed E-state index contributed by atoms with van der Waals surface area (Å²) in [7, 11) is -2.12. The molecule has 0 N–H and O–H groups in total. The number of rotatable bonds is 6. The molecule has 0 amide bonds. The van der Waals surface area contributed by atoms with Crippen LogP contribution in [0.15, 0.2) is 71.6 Å². The molecule has 2 aliphatic rings. The zero-order chi connectivity index (χ0) is 23.9. The summed E-state index contributed by atoms with van der Waals surface area (Å²) in [4.78, 5) is 2.63. The summed E-state index contributed by atoms with van der Waals surface area (Å²) >= 11 is 0. The first-order valence-electron chi connectivity index (χ1n) is 11.7. The minimum atomic E-state index is -3.73. The van der Waals surface area contributed by atoms with E-state index in [1.807, 2.05) is 50.2 Å². The number of ether oxygens (including phenoxy) is 2. The van der Waals surface area contributed by atoms with Crippen LogP contribution < -0.4 is 9.47 Å². The van der Waals surface area contributed by atoms with Gasteiger partial charge in [0, 0.05) is 13.1 Å². The highest BCUT2D eigenvalue weighted by molar-refractivity contribution is 7.89. The lowest BCUT2D eigenvalue weighted by atomic mass is 9.93. The molecule has 3 aromatic carbocycles. The Bertz CT molecular complexity index is 1290. The van der Waals surface area contributed by atoms with Crippen molar-refractivity contribution in [3.8, 4) is 11.5 Å². The van der Waals surface area contributed by atoms with Crippen LogP contribution in [0.3, 0.4) is 0 Å². The van der Waals surface area contributed by atoms with Crippen molar-refractivity contribution in [1.82, 2.24) is 9.21 Å². The fourth-order valence-electron chi connectivity index (χ4n) is 5.16. The third-order valence-corrected chi connectivity index (χ3v) is 8.64. The van der Waals surface area contributed by atoms with Crippen molar-refractivity contribution in [3.05, 3.63) is 89.0 Å². The van der Waals surface area contributed by atoms with Gasteiger partial charge in [0.05, 0.1) is 24.7 Å². The molecule has 2 atom stereocenters. The average Bonchev–Trinajstić information content (AvgIpc) is 3.25. The van der Waals surface area contributed by atoms with Crippen molar-refractivity contribution in [3.63, 3.8) is 0 Å². The van der Waals surface area contributed by atoms with Gasteiger partial charge in [0.25, 0.3) is 0 Å². The molecule has 5 rings (SSSR count). The summed E-state index contributed by atoms with van der Waals surface area (Å²) in [6, 6.07) is 21.2. The highest BCUT2D eigenvalue weighted by atomic mass is 32.2. The number of aryl methyl sites for hydroxylation is 1. The van der Waals surface area contributed by atoms with Gasteiger partial charge in [-0.25, -0.2) is 8.42 Å². The van der Waals surface area contributed by atoms with E-state index in [1.54, 1.807) is 23.5 Å². The SMILES string of the molecule is CCOc1cc(C2N3CCc4ccccc4C3CN2S(=O)(=O)c2ccc(C)cc2)ccc1OC. The number of nitrogens with zero attached hydrogens (tertiary/aromatic N) is 2. The van der Waals surface area contributed by atoms with Crippen LogP contribution in [0.4, 0.5) is 0 Å². The molecule has 0 aromatic heterocycles. The maximum Gasteiger partial charge on any atom is 0.244 e. The second kappa shape index (κ2) is 9.06. The molecule has 0 aliphatic carbocycles. The molecule has 2 heterocycles. The van der Waals surface area contributed by atoms with Crippen LogP contribution in [0.1, 0.15) is 41.4 Å². The molecule has 178 valence electrons. The van der Waals surface area contributed by atoms with Gasteiger partial charge in [-0.05, 0) is 61.2 Å². The number of hydrogen-bond donors (Lipinski definition) is 0. The molecule has 0 bridgehead atoms. The Morgan fingerprint density at radius 3 is 2.50 bits per heavy atom. The molecule has 1 saturated heterocycles. The van der Waals surface area contributed by atoms with Gasteiger partial charge in [0.1, 0.15) is 6.17 Å². The first kappa shape index (κ1) is 22.9. The molecule has 7 heteroatoms. The molecule has 1 fully saturated rings. The predicted octanol–water partition coefficient (Wildman–Crippen LogP) is 4.70. The lowest BCUT2D eigenvalue weighted by Crippen LogP contribution is -2.37. The maximum atomic E-state index is 14.0. The highest BCUT2D eigenvalue weighted by Gasteiger charge is 2.48. The molecular weight excluding hydrogens is 448 g/mol. The van der Waals surface area contributed by atoms with Gasteiger partial charge < -0.3 is 9.47 Å². The average molecular weight is 479 g/mol. The van der Waals surface area contributed by atoms with E-state index in [2.05, 4.69) is 23.1 Å². The van der Waals surface area contributed by atoms with Gasteiger partial charge in [-0.3, -0.25) is 4.90 Å². The molecule has 34 heavy (non-hydrogen) atoms. The Kier molecular flexibility index (Phi) is 6.10. The van der Waals surface area contributed by atoms with Crippen molar-refractivity contribution >= 4 is 10.0 Å². The second-order valence-electron chi connectivity index (χ2n) is 8.81. The monoisotopic (exact) mass is 478 g/mol. The van der Waals surface area contributed by atoms with Gasteiger partial charge in [-0.1, -0.05) is 48.0 Å². The fourth-order valence-corrected chi connectivity index (χ4v) is 6.75. The van der Waals surface area contributed by atoms with Gasteiger partial charge in [0.15, 0.2) is 11.5 Å². The summed E-state index contributed by atoms with van der Waals surface area (Å²) in [5.41, 5.74) is 4.40. The quantitative estimate of drug-likeness (QED) is 0.514. The van der Waals surface area contributed by atoms with Crippen LogP contribution in [0, 0.1) is 6.92 Å². The third-order valence-electron chi connectivity index (χ3n) is 6.81. The summed E-state index contributed by atoms with van der Waals surface area (Å²) in [6.45, 7) is 5.55. The standard InChI is InChI=1S/C27H30N2O4S/c1-4-33-26-17-21(11-14-25(26)32-3)27-28-16-15-20-7-5-6-8-23(20)24(28)18-29(27)34(30,31)22-12-9-19(2)10-13-22/h5-14,17,24,27H,4,15-16,18H2,1-3H3. The van der Waals surface area contributed by atoms with E-state index in [1.165, 1.54) is 11.1 Å². The normalized spacial score (nSPS) is 20.6. The zero-order valence-electron chi connectivity index (χ0n) is 19.8. The van der Waals surface area contributed by atoms with Crippen molar-refractivity contribution in [2.24, 2.45) is 0 Å². The summed E-state index contributed by atoms with van der Waals surface area (Å²) < 4.78 is 40.9. The van der Waals surface area contributed by atoms with Crippen LogP contribution in [0.5, 0.6) is 11.5 Å². The molecule has 0 spiro atoms. The Hall–Kier alpha value is -2.87. The molecule has 2 aliphatic heterocycles. The van der Waals surface area contributed by atoms with Crippen LogP contribution in [0.2, 0.25) is 0 Å². The Labute approximate surface area is 201 Å². The van der Waals surface area contributed by atoms with Crippen molar-refractivity contribution in [2.45, 2.75) is 37.4 Å². The number of hydrogen-bond acceptors (Lipinski definition) is 5. The van der Waals surface area contributed by atoms with Crippen LogP contribution in [-0.4, -0.2) is 44.4 Å². The van der Waals surface area contributed by atoms with E-state index in [0.29, 0.717) is 29.5 Å². The minimum absolute atomic E-state index is 0.00665. The number of fused-ring (bicyclic) bond motifs is 3. The number of methoxy groups -OCH3 is 1. The third kappa shape index (κ3) is 3.87. The Morgan fingerprint density at radius 1 is 1.00 bits per heavy atom. The van der Waals surface area contributed by atoms with Crippen molar-refractivity contribution in [1.29, 1.82) is 0 Å². The highest BCUT2D eigenvalue weighted by Crippen LogP contribution is 2.47. The topological polar surface area (TPSA) is 59.1 Å². The van der Waals surface area contributed by atoms with Gasteiger partial charge in [-0.2, -0.15) is 4.31 Å². The summed E-state index contributed by atoms with van der Waals surface area (Å²) in [5.74, 6) is 1.26. The first-order chi connectivity index (χ1) is 16.4. The minimum Gasteiger partial charge on any atom is -0.493 e. The van der Waals surface area contributed by atoms with E-state index in [0.717, 1.165) is 24.1 Å². The molecule has 0 saturated carbocycles. The summed E-state index contributed by atoms with van der Waals surface area (Å²) in [6.07, 6.45) is 0.450. The lowest BCUT2D eigenvalue weighted by Gasteiger charge is -2.36. The van der Waals surface area contributed by atoms with E-state index >= 15 is 0 Å². The fraction of sp³-hybridized carbons (Fsp3) is 0.333. The van der Waals surface area contributed by atoms with E-state index < -0.39 is 16.2 Å². The van der Waals surface area contributed by atoms with Gasteiger partial charge in [0.2, 0.25) is 10.0 Å². The molecule has 6 nitrogen and oxygen atoms in total. The van der Waals surface area contributed by atoms with Gasteiger partial charge in [-0.15, -0.1) is 0 Å². The van der Waals surface area contributed by atoms with Gasteiger partial charge >= 0.3 is 0 Å². The number of benzene rings is 3. The van der Waals surface area contributed by atoms with Crippen LogP contribution in [-0.2, 0) is 16.4 Å². The first-order valence-corrected chi connectivity index (χ1v) is 13.1. The van der Waals surface area contributed by atoms with Crippen molar-refractivity contribution in [2.75, 3.05) is 26.8 Å². The van der Waals surface area contributed by atoms with E-state index in [4.69, 9.17) is 9.47 Å². The van der Waals surface area contributed by atoms with E-state index in [9.17, 15) is 8.42 Å². The van der Waals surface area contributed by atoms with E-state index in [-0.39, 0.29) is 6.04 Å². The van der Waals surface area contributed by atoms with Crippen LogP contribution >= 0.6 is 0 Å². The molecule has 3 aromatic rings. The lowest BCUT2D eigenvalue weighted by molar-refractivity contribution is 0.154. The number of sulfonamides is 1. The molecular formula is C27H30N2O4S. The maximum absolute atomic E-state index is 14.0. The Balaban J connectivity index is 1.63. The zero-order valence-corrected chi connectivity index (χ0v) is 20.6. The largest absolute Gasteiger partial charge is 0.493 e. The predicted molar refractivity (Wildman–Crippen MR) is 132 cm³/mol. The van der Waals surface area contributed by atoms with Crippen LogP contribution in [0.25, 0.3) is 0 Å². The second-order valence-corrected chi connectivity index (χ2v) is 10.7. The van der Waals surface area contributed by atoms with Crippen molar-refractivity contribution < 1.29 is 17.9 Å².